The first-order chi connectivity index (χ1) is 18.6. The van der Waals surface area contributed by atoms with Crippen molar-refractivity contribution in [2.24, 2.45) is 0 Å². The van der Waals surface area contributed by atoms with Gasteiger partial charge in [0.1, 0.15) is 12.2 Å². The molecular weight excluding hydrogens is 502 g/mol. The first-order valence-electron chi connectivity index (χ1n) is 12.6. The van der Waals surface area contributed by atoms with Crippen LogP contribution in [0.25, 0.3) is 33.9 Å². The van der Waals surface area contributed by atoms with Crippen molar-refractivity contribution in [2.75, 3.05) is 11.9 Å². The van der Waals surface area contributed by atoms with E-state index in [0.717, 1.165) is 71.5 Å². The van der Waals surface area contributed by atoms with E-state index in [-0.39, 0.29) is 11.9 Å². The van der Waals surface area contributed by atoms with Crippen LogP contribution in [0, 0.1) is 0 Å². The Bertz CT molecular complexity index is 1600. The van der Waals surface area contributed by atoms with Gasteiger partial charge < -0.3 is 20.6 Å². The molecule has 1 atom stereocenters. The number of hydrogen-bond acceptors (Lipinski definition) is 6. The second-order valence-corrected chi connectivity index (χ2v) is 9.71. The summed E-state index contributed by atoms with van der Waals surface area (Å²) >= 11 is 6.21. The molecule has 38 heavy (non-hydrogen) atoms. The Morgan fingerprint density at radius 1 is 1.16 bits per heavy atom. The number of anilines is 1. The summed E-state index contributed by atoms with van der Waals surface area (Å²) in [4.78, 5) is 24.5. The summed E-state index contributed by atoms with van der Waals surface area (Å²) < 4.78 is 1.53. The molecular formula is C27H26ClN9O. The number of halogens is 1. The maximum atomic E-state index is 13.0. The van der Waals surface area contributed by atoms with Gasteiger partial charge in [0.15, 0.2) is 0 Å². The topological polar surface area (TPSA) is 129 Å². The largest absolute Gasteiger partial charge is 0.384 e. The maximum Gasteiger partial charge on any atom is 0.244 e. The third-order valence-electron chi connectivity index (χ3n) is 6.71. The van der Waals surface area contributed by atoms with Crippen LogP contribution in [0.1, 0.15) is 43.1 Å². The van der Waals surface area contributed by atoms with Crippen LogP contribution in [-0.2, 0) is 4.79 Å². The molecule has 0 spiro atoms. The van der Waals surface area contributed by atoms with Gasteiger partial charge in [0, 0.05) is 51.6 Å². The third-order valence-corrected chi connectivity index (χ3v) is 6.94. The number of aromatic amines is 2. The highest BCUT2D eigenvalue weighted by Crippen LogP contribution is 2.33. The zero-order chi connectivity index (χ0) is 25.9. The smallest absolute Gasteiger partial charge is 0.244 e. The number of amides is 1. The van der Waals surface area contributed by atoms with Crippen molar-refractivity contribution in [3.8, 4) is 16.9 Å². The Morgan fingerprint density at radius 3 is 3.00 bits per heavy atom. The SMILES string of the molecule is O=C(/C=C/c1cc(Cl)ccc1-n1cnnn1)N[C@H]1CCCCCNc2cc3cc[nH]c3cc2-c2cnc1[nH]2. The normalized spacial score (nSPS) is 16.0. The Hall–Kier alpha value is -4.44. The fourth-order valence-electron chi connectivity index (χ4n) is 4.80. The molecule has 0 saturated carbocycles. The number of hydrogen-bond donors (Lipinski definition) is 4. The average Bonchev–Trinajstić information content (AvgIpc) is 3.69. The van der Waals surface area contributed by atoms with E-state index in [1.54, 1.807) is 24.3 Å². The molecule has 5 aromatic rings. The molecule has 1 aliphatic rings. The van der Waals surface area contributed by atoms with Gasteiger partial charge in [-0.05, 0) is 65.7 Å². The van der Waals surface area contributed by atoms with Gasteiger partial charge in [-0.2, -0.15) is 4.68 Å². The average molecular weight is 528 g/mol. The van der Waals surface area contributed by atoms with Crippen LogP contribution in [0.15, 0.2) is 61.2 Å². The van der Waals surface area contributed by atoms with E-state index in [4.69, 9.17) is 11.6 Å². The number of carbonyl (C=O) groups is 1. The highest BCUT2D eigenvalue weighted by molar-refractivity contribution is 6.30. The van der Waals surface area contributed by atoms with Crippen LogP contribution in [-0.4, -0.2) is 47.6 Å². The summed E-state index contributed by atoms with van der Waals surface area (Å²) in [5.74, 6) is 0.509. The van der Waals surface area contributed by atoms with Crippen LogP contribution in [0.2, 0.25) is 5.02 Å². The summed E-state index contributed by atoms with van der Waals surface area (Å²) in [6, 6.07) is 11.4. The number of imidazole rings is 1. The first-order valence-corrected chi connectivity index (χ1v) is 12.9. The number of aromatic nitrogens is 7. The number of nitrogens with one attached hydrogen (secondary N) is 4. The summed E-state index contributed by atoms with van der Waals surface area (Å²) in [5.41, 5.74) is 5.51. The lowest BCUT2D eigenvalue weighted by Gasteiger charge is -2.17. The lowest BCUT2D eigenvalue weighted by Crippen LogP contribution is -2.27. The molecule has 10 nitrogen and oxygen atoms in total. The molecule has 192 valence electrons. The van der Waals surface area contributed by atoms with E-state index in [1.165, 1.54) is 17.1 Å². The summed E-state index contributed by atoms with van der Waals surface area (Å²) in [6.07, 6.45) is 12.3. The minimum atomic E-state index is -0.246. The minimum absolute atomic E-state index is 0.224. The van der Waals surface area contributed by atoms with E-state index < -0.39 is 0 Å². The second kappa shape index (κ2) is 10.5. The molecule has 2 aromatic carbocycles. The first kappa shape index (κ1) is 23.9. The Morgan fingerprint density at radius 2 is 2.11 bits per heavy atom. The van der Waals surface area contributed by atoms with E-state index in [0.29, 0.717) is 10.7 Å². The number of fused-ring (bicyclic) bond motifs is 5. The van der Waals surface area contributed by atoms with Gasteiger partial charge in [-0.1, -0.05) is 24.4 Å². The predicted octanol–water partition coefficient (Wildman–Crippen LogP) is 5.04. The number of H-pyrrole nitrogens is 2. The molecule has 4 N–H and O–H groups in total. The van der Waals surface area contributed by atoms with Crippen molar-refractivity contribution in [2.45, 2.75) is 31.7 Å². The molecule has 6 rings (SSSR count). The molecule has 0 saturated heterocycles. The number of nitrogens with zero attached hydrogens (tertiary/aromatic N) is 5. The van der Waals surface area contributed by atoms with Crippen molar-refractivity contribution < 1.29 is 4.79 Å². The quantitative estimate of drug-likeness (QED) is 0.242. The van der Waals surface area contributed by atoms with Crippen LogP contribution in [0.5, 0.6) is 0 Å². The predicted molar refractivity (Wildman–Crippen MR) is 147 cm³/mol. The summed E-state index contributed by atoms with van der Waals surface area (Å²) in [7, 11) is 0. The Balaban J connectivity index is 1.26. The van der Waals surface area contributed by atoms with E-state index in [2.05, 4.69) is 59.3 Å². The van der Waals surface area contributed by atoms with Gasteiger partial charge in [0.05, 0.1) is 23.6 Å². The van der Waals surface area contributed by atoms with Crippen LogP contribution in [0.3, 0.4) is 0 Å². The zero-order valence-electron chi connectivity index (χ0n) is 20.5. The Kier molecular flexibility index (Phi) is 6.62. The maximum absolute atomic E-state index is 13.0. The minimum Gasteiger partial charge on any atom is -0.384 e. The van der Waals surface area contributed by atoms with Gasteiger partial charge >= 0.3 is 0 Å². The molecule has 1 aliphatic heterocycles. The molecule has 2 bridgehead atoms. The van der Waals surface area contributed by atoms with E-state index in [1.807, 2.05) is 12.4 Å². The molecule has 4 heterocycles. The number of benzene rings is 2. The monoisotopic (exact) mass is 527 g/mol. The molecule has 11 heteroatoms. The highest BCUT2D eigenvalue weighted by atomic mass is 35.5. The molecule has 1 amide bonds. The third kappa shape index (κ3) is 5.03. The molecule has 0 aliphatic carbocycles. The van der Waals surface area contributed by atoms with Crippen LogP contribution >= 0.6 is 11.6 Å². The molecule has 0 radical (unpaired) electrons. The fraction of sp³-hybridized carbons (Fsp3) is 0.222. The number of rotatable bonds is 4. The highest BCUT2D eigenvalue weighted by Gasteiger charge is 2.19. The summed E-state index contributed by atoms with van der Waals surface area (Å²) in [5, 5.41) is 19.8. The van der Waals surface area contributed by atoms with Gasteiger partial charge in [-0.3, -0.25) is 4.79 Å². The van der Waals surface area contributed by atoms with Crippen molar-refractivity contribution >= 4 is 40.2 Å². The van der Waals surface area contributed by atoms with E-state index in [9.17, 15) is 4.79 Å². The lowest BCUT2D eigenvalue weighted by molar-refractivity contribution is -0.117. The fourth-order valence-corrected chi connectivity index (χ4v) is 4.98. The standard InChI is InChI=1S/C27H26ClN9O/c28-19-6-7-25(37-16-32-35-36-37)18(12-19)5-8-26(38)33-21-4-2-1-3-10-29-23-13-17-9-11-30-22(17)14-20(23)24-15-31-27(21)34-24/h5-9,11-16,21,29-30H,1-4,10H2,(H,31,34)(H,33,38)/b8-5+/t21-/m0/s1. The second-order valence-electron chi connectivity index (χ2n) is 9.27. The van der Waals surface area contributed by atoms with Crippen molar-refractivity contribution in [1.29, 1.82) is 0 Å². The number of carbonyl (C=O) groups excluding carboxylic acids is 1. The van der Waals surface area contributed by atoms with Crippen molar-refractivity contribution in [3.05, 3.63) is 77.6 Å². The zero-order valence-corrected chi connectivity index (χ0v) is 21.2. The molecule has 0 fully saturated rings. The van der Waals surface area contributed by atoms with Gasteiger partial charge in [0.25, 0.3) is 0 Å². The van der Waals surface area contributed by atoms with Crippen LogP contribution in [0.4, 0.5) is 5.69 Å². The van der Waals surface area contributed by atoms with Crippen molar-refractivity contribution in [3.63, 3.8) is 0 Å². The van der Waals surface area contributed by atoms with Gasteiger partial charge in [0.2, 0.25) is 5.91 Å². The van der Waals surface area contributed by atoms with Gasteiger partial charge in [-0.15, -0.1) is 5.10 Å². The summed E-state index contributed by atoms with van der Waals surface area (Å²) in [6.45, 7) is 0.882. The lowest BCUT2D eigenvalue weighted by atomic mass is 10.1. The van der Waals surface area contributed by atoms with E-state index >= 15 is 0 Å². The Labute approximate surface area is 223 Å². The number of tetrazole rings is 1. The molecule has 0 unspecified atom stereocenters. The van der Waals surface area contributed by atoms with Gasteiger partial charge in [-0.25, -0.2) is 4.98 Å². The molecule has 3 aromatic heterocycles. The van der Waals surface area contributed by atoms with Crippen molar-refractivity contribution in [1.82, 2.24) is 40.5 Å². The van der Waals surface area contributed by atoms with Crippen LogP contribution < -0.4 is 10.6 Å².